The second-order valence-corrected chi connectivity index (χ2v) is 8.76. The molecule has 0 aliphatic carbocycles. The van der Waals surface area contributed by atoms with Gasteiger partial charge < -0.3 is 27.2 Å². The second-order valence-electron chi connectivity index (χ2n) is 7.33. The second kappa shape index (κ2) is 9.23. The number of rotatable bonds is 5. The Morgan fingerprint density at radius 1 is 1.19 bits per heavy atom. The monoisotopic (exact) mass is 471 g/mol. The maximum absolute atomic E-state index is 13.2. The standard InChI is InChI=1S/C23H20ClN3O3S.H2O/c1-11-17(12(2)28)18(15-8-3-4-9-16(15)24)19-20(25)22(31-23(19)26-11)21(29)13-6-5-7-14(10-13)27-30;/h3-10,18,26H,25,27H2,1-2H3;1H2. The normalized spacial score (nSPS) is 14.9. The molecule has 1 aliphatic rings. The van der Waals surface area contributed by atoms with Crippen LogP contribution in [0.4, 0.5) is 16.4 Å². The number of carbonyl (C=O) groups is 2. The number of anilines is 2. The maximum atomic E-state index is 13.2. The number of ketones is 2. The van der Waals surface area contributed by atoms with Crippen LogP contribution in [0.15, 0.2) is 59.8 Å². The number of Topliss-reactive ketones (excluding diaryl/α,β-unsaturated/α-hetero) is 1. The average molecular weight is 472 g/mol. The van der Waals surface area contributed by atoms with Crippen molar-refractivity contribution in [2.75, 3.05) is 11.1 Å². The highest BCUT2D eigenvalue weighted by Gasteiger charge is 2.37. The summed E-state index contributed by atoms with van der Waals surface area (Å²) in [7, 11) is 0. The van der Waals surface area contributed by atoms with Gasteiger partial charge in [0.05, 0.1) is 10.7 Å². The molecule has 7 nitrogen and oxygen atoms in total. The number of hydrogen-bond acceptors (Lipinski definition) is 6. The number of carbonyl (C=O) groups excluding carboxylic acids is 2. The van der Waals surface area contributed by atoms with Gasteiger partial charge in [0.25, 0.3) is 0 Å². The number of nitrogens with one attached hydrogen (secondary N) is 1. The fourth-order valence-corrected chi connectivity index (χ4v) is 5.40. The van der Waals surface area contributed by atoms with Crippen LogP contribution in [0.1, 0.15) is 46.1 Å². The molecule has 2 heterocycles. The van der Waals surface area contributed by atoms with Crippen molar-refractivity contribution < 1.29 is 20.5 Å². The lowest BCUT2D eigenvalue weighted by atomic mass is 9.80. The lowest BCUT2D eigenvalue weighted by Crippen LogP contribution is -2.70. The molecule has 3 aromatic rings. The molecular weight excluding hydrogens is 450 g/mol. The van der Waals surface area contributed by atoms with Crippen LogP contribution in [0.3, 0.4) is 0 Å². The summed E-state index contributed by atoms with van der Waals surface area (Å²) in [6.07, 6.45) is 0. The first-order chi connectivity index (χ1) is 14.8. The minimum absolute atomic E-state index is 0. The molecule has 0 radical (unpaired) electrons. The van der Waals surface area contributed by atoms with Crippen LogP contribution in [0.2, 0.25) is 5.02 Å². The number of halogens is 1. The highest BCUT2D eigenvalue weighted by atomic mass is 35.5. The van der Waals surface area contributed by atoms with Crippen molar-refractivity contribution in [3.8, 4) is 0 Å². The minimum atomic E-state index is -0.485. The number of quaternary nitrogens is 1. The van der Waals surface area contributed by atoms with Crippen LogP contribution in [-0.4, -0.2) is 17.0 Å². The van der Waals surface area contributed by atoms with Crippen molar-refractivity contribution >= 4 is 50.9 Å². The number of nitrogens with two attached hydrogens (primary N) is 2. The Balaban J connectivity index is 0.00000289. The molecule has 1 aliphatic heterocycles. The lowest BCUT2D eigenvalue weighted by Gasteiger charge is -2.29. The van der Waals surface area contributed by atoms with E-state index in [1.54, 1.807) is 24.3 Å². The van der Waals surface area contributed by atoms with E-state index in [4.69, 9.17) is 17.3 Å². The molecule has 0 fully saturated rings. The van der Waals surface area contributed by atoms with Crippen molar-refractivity contribution in [1.82, 2.24) is 0 Å². The Hall–Kier alpha value is -3.01. The van der Waals surface area contributed by atoms with E-state index in [9.17, 15) is 14.8 Å². The van der Waals surface area contributed by atoms with E-state index in [1.165, 1.54) is 24.3 Å². The molecule has 0 saturated heterocycles. The summed E-state index contributed by atoms with van der Waals surface area (Å²) >= 11 is 7.74. The van der Waals surface area contributed by atoms with Crippen molar-refractivity contribution in [3.63, 3.8) is 0 Å². The lowest BCUT2D eigenvalue weighted by molar-refractivity contribution is -0.497. The Morgan fingerprint density at radius 2 is 1.91 bits per heavy atom. The number of fused-ring (bicyclic) bond motifs is 1. The van der Waals surface area contributed by atoms with Gasteiger partial charge in [-0.3, -0.25) is 9.59 Å². The molecule has 7 N–H and O–H groups in total. The third kappa shape index (κ3) is 3.94. The van der Waals surface area contributed by atoms with Gasteiger partial charge in [0, 0.05) is 39.4 Å². The van der Waals surface area contributed by atoms with Crippen molar-refractivity contribution in [2.45, 2.75) is 19.8 Å². The van der Waals surface area contributed by atoms with Gasteiger partial charge in [-0.2, -0.15) is 0 Å². The molecule has 9 heteroatoms. The predicted molar refractivity (Wildman–Crippen MR) is 127 cm³/mol. The highest BCUT2D eigenvalue weighted by molar-refractivity contribution is 7.19. The van der Waals surface area contributed by atoms with Crippen LogP contribution in [0.25, 0.3) is 0 Å². The van der Waals surface area contributed by atoms with Crippen LogP contribution in [0, 0.1) is 5.21 Å². The summed E-state index contributed by atoms with van der Waals surface area (Å²) in [4.78, 5) is 26.2. The quantitative estimate of drug-likeness (QED) is 0.296. The van der Waals surface area contributed by atoms with Crippen LogP contribution >= 0.6 is 22.9 Å². The van der Waals surface area contributed by atoms with Crippen LogP contribution in [-0.2, 0) is 4.79 Å². The maximum Gasteiger partial charge on any atom is 0.205 e. The van der Waals surface area contributed by atoms with Gasteiger partial charge in [-0.1, -0.05) is 41.9 Å². The molecule has 2 aromatic carbocycles. The number of allylic oxidation sites excluding steroid dienone is 2. The number of thiophene rings is 1. The van der Waals surface area contributed by atoms with Gasteiger partial charge in [0.1, 0.15) is 10.6 Å². The summed E-state index contributed by atoms with van der Waals surface area (Å²) in [5, 5.41) is 15.6. The molecule has 1 aromatic heterocycles. The predicted octanol–water partition coefficient (Wildman–Crippen LogP) is 3.50. The van der Waals surface area contributed by atoms with Crippen molar-refractivity contribution in [3.05, 3.63) is 91.6 Å². The fraction of sp³-hybridized carbons (Fsp3) is 0.130. The van der Waals surface area contributed by atoms with E-state index in [-0.39, 0.29) is 17.0 Å². The topological polar surface area (TPSA) is 143 Å². The van der Waals surface area contributed by atoms with Gasteiger partial charge in [0.2, 0.25) is 5.78 Å². The summed E-state index contributed by atoms with van der Waals surface area (Å²) in [6.45, 7) is 3.34. The molecule has 4 rings (SSSR count). The van der Waals surface area contributed by atoms with E-state index in [0.29, 0.717) is 54.2 Å². The highest BCUT2D eigenvalue weighted by Crippen LogP contribution is 2.51. The molecule has 166 valence electrons. The molecule has 1 atom stereocenters. The van der Waals surface area contributed by atoms with Gasteiger partial charge in [0.15, 0.2) is 5.78 Å². The molecule has 0 saturated carbocycles. The SMILES string of the molecule is CC(=O)C1=C(C)Nc2sc(C(=O)c3cccc([NH2+][O-])c3)c(N)c2C1c1ccccc1Cl.O. The third-order valence-corrected chi connectivity index (χ3v) is 6.83. The van der Waals surface area contributed by atoms with E-state index < -0.39 is 5.92 Å². The minimum Gasteiger partial charge on any atom is -0.630 e. The molecule has 0 spiro atoms. The van der Waals surface area contributed by atoms with Crippen LogP contribution < -0.4 is 16.5 Å². The zero-order valence-electron chi connectivity index (χ0n) is 17.4. The zero-order chi connectivity index (χ0) is 22.3. The first kappa shape index (κ1) is 23.6. The molecular formula is C23H22ClN3O4S. The molecule has 0 amide bonds. The van der Waals surface area contributed by atoms with E-state index in [1.807, 2.05) is 25.1 Å². The van der Waals surface area contributed by atoms with Gasteiger partial charge in [-0.25, -0.2) is 0 Å². The number of nitrogen functional groups attached to an aromatic ring is 1. The first-order valence-electron chi connectivity index (χ1n) is 9.58. The molecule has 0 bridgehead atoms. The summed E-state index contributed by atoms with van der Waals surface area (Å²) in [5.41, 5.74) is 11.0. The fourth-order valence-electron chi connectivity index (χ4n) is 3.98. The number of benzene rings is 2. The van der Waals surface area contributed by atoms with Gasteiger partial charge >= 0.3 is 0 Å². The number of hydrogen-bond donors (Lipinski definition) is 3. The van der Waals surface area contributed by atoms with Crippen molar-refractivity contribution in [1.29, 1.82) is 0 Å². The molecule has 32 heavy (non-hydrogen) atoms. The summed E-state index contributed by atoms with van der Waals surface area (Å²) in [5.74, 6) is -0.860. The largest absolute Gasteiger partial charge is 0.630 e. The Kier molecular flexibility index (Phi) is 6.82. The van der Waals surface area contributed by atoms with Crippen molar-refractivity contribution in [2.24, 2.45) is 0 Å². The van der Waals surface area contributed by atoms with Crippen LogP contribution in [0.5, 0.6) is 0 Å². The average Bonchev–Trinajstić information content (AvgIpc) is 3.08. The Labute approximate surface area is 193 Å². The van der Waals surface area contributed by atoms with E-state index in [2.05, 4.69) is 5.32 Å². The summed E-state index contributed by atoms with van der Waals surface area (Å²) in [6, 6.07) is 13.8. The van der Waals surface area contributed by atoms with Gasteiger partial charge in [-0.05, 0) is 31.5 Å². The summed E-state index contributed by atoms with van der Waals surface area (Å²) < 4.78 is 0. The molecule has 1 unspecified atom stereocenters. The van der Waals surface area contributed by atoms with E-state index in [0.717, 1.165) is 5.56 Å². The van der Waals surface area contributed by atoms with E-state index >= 15 is 0 Å². The van der Waals surface area contributed by atoms with Gasteiger partial charge in [-0.15, -0.1) is 11.3 Å². The zero-order valence-corrected chi connectivity index (χ0v) is 18.9. The Bertz CT molecular complexity index is 1250. The smallest absolute Gasteiger partial charge is 0.205 e. The third-order valence-electron chi connectivity index (χ3n) is 5.35. The Morgan fingerprint density at radius 3 is 2.56 bits per heavy atom. The first-order valence-corrected chi connectivity index (χ1v) is 10.8.